The fourth-order valence-corrected chi connectivity index (χ4v) is 4.27. The van der Waals surface area contributed by atoms with Gasteiger partial charge in [0.1, 0.15) is 10.6 Å². The number of ether oxygens (including phenoxy) is 1. The van der Waals surface area contributed by atoms with Gasteiger partial charge in [0.15, 0.2) is 6.61 Å². The molecule has 140 valence electrons. The third-order valence-electron chi connectivity index (χ3n) is 3.53. The Balaban J connectivity index is 2.12. The molecule has 0 bridgehead atoms. The highest BCUT2D eigenvalue weighted by Crippen LogP contribution is 2.38. The van der Waals surface area contributed by atoms with Crippen molar-refractivity contribution in [2.75, 3.05) is 11.9 Å². The first-order chi connectivity index (χ1) is 12.4. The summed E-state index contributed by atoms with van der Waals surface area (Å²) >= 11 is 2.74. The van der Waals surface area contributed by atoms with E-state index in [-0.39, 0.29) is 30.0 Å². The van der Waals surface area contributed by atoms with E-state index in [1.165, 1.54) is 29.6 Å². The first-order valence-electron chi connectivity index (χ1n) is 8.31. The van der Waals surface area contributed by atoms with Gasteiger partial charge in [0.05, 0.1) is 0 Å². The van der Waals surface area contributed by atoms with Crippen molar-refractivity contribution in [3.63, 3.8) is 0 Å². The zero-order chi connectivity index (χ0) is 19.1. The minimum Gasteiger partial charge on any atom is -0.452 e. The van der Waals surface area contributed by atoms with E-state index in [9.17, 15) is 14.4 Å². The monoisotopic (exact) mass is 394 g/mol. The summed E-state index contributed by atoms with van der Waals surface area (Å²) in [6, 6.07) is 3.80. The summed E-state index contributed by atoms with van der Waals surface area (Å²) < 4.78 is 5.20. The molecule has 2 N–H and O–H groups in total. The quantitative estimate of drug-likeness (QED) is 0.665. The lowest BCUT2D eigenvalue weighted by molar-refractivity contribution is -0.124. The van der Waals surface area contributed by atoms with E-state index in [1.54, 1.807) is 5.38 Å². The summed E-state index contributed by atoms with van der Waals surface area (Å²) in [4.78, 5) is 36.8. The van der Waals surface area contributed by atoms with Crippen LogP contribution in [0.5, 0.6) is 0 Å². The van der Waals surface area contributed by atoms with E-state index >= 15 is 0 Å². The second-order valence-electron chi connectivity index (χ2n) is 5.85. The number of nitrogens with one attached hydrogen (secondary N) is 2. The number of carbonyl (C=O) groups excluding carboxylic acids is 3. The Morgan fingerprint density at radius 2 is 2.04 bits per heavy atom. The van der Waals surface area contributed by atoms with Crippen LogP contribution in [0.25, 0.3) is 10.4 Å². The van der Waals surface area contributed by atoms with Gasteiger partial charge in [0, 0.05) is 28.8 Å². The molecule has 0 radical (unpaired) electrons. The third kappa shape index (κ3) is 5.40. The van der Waals surface area contributed by atoms with E-state index < -0.39 is 5.97 Å². The molecule has 2 aromatic heterocycles. The largest absolute Gasteiger partial charge is 0.452 e. The Labute approximate surface area is 160 Å². The van der Waals surface area contributed by atoms with Gasteiger partial charge >= 0.3 is 5.97 Å². The average Bonchev–Trinajstić information content (AvgIpc) is 3.21. The number of hydrogen-bond donors (Lipinski definition) is 2. The zero-order valence-electron chi connectivity index (χ0n) is 15.0. The Morgan fingerprint density at radius 3 is 2.65 bits per heavy atom. The number of hydrogen-bond acceptors (Lipinski definition) is 6. The van der Waals surface area contributed by atoms with Crippen molar-refractivity contribution >= 4 is 45.5 Å². The zero-order valence-corrected chi connectivity index (χ0v) is 16.6. The van der Waals surface area contributed by atoms with Gasteiger partial charge in [-0.25, -0.2) is 4.79 Å². The van der Waals surface area contributed by atoms with Gasteiger partial charge in [0.25, 0.3) is 5.91 Å². The molecule has 0 spiro atoms. The van der Waals surface area contributed by atoms with Gasteiger partial charge < -0.3 is 15.4 Å². The van der Waals surface area contributed by atoms with Crippen molar-refractivity contribution in [3.8, 4) is 10.4 Å². The standard InChI is InChI=1S/C18H22N2O4S2/c1-4-6-11(2)19-15(22)9-24-18(23)16-13(14-7-5-8-25-14)10-26-17(16)20-12(3)21/h5,7-8,10-11H,4,6,9H2,1-3H3,(H,19,22)(H,20,21)/t11-/m1/s1. The van der Waals surface area contributed by atoms with Gasteiger partial charge in [-0.15, -0.1) is 22.7 Å². The lowest BCUT2D eigenvalue weighted by Crippen LogP contribution is -2.35. The summed E-state index contributed by atoms with van der Waals surface area (Å²) in [7, 11) is 0. The van der Waals surface area contributed by atoms with Crippen molar-refractivity contribution in [1.82, 2.24) is 5.32 Å². The molecule has 0 aromatic carbocycles. The van der Waals surface area contributed by atoms with Crippen LogP contribution in [0.15, 0.2) is 22.9 Å². The minimum absolute atomic E-state index is 0.0315. The van der Waals surface area contributed by atoms with Crippen molar-refractivity contribution < 1.29 is 19.1 Å². The molecule has 0 aliphatic heterocycles. The highest BCUT2D eigenvalue weighted by atomic mass is 32.1. The number of amides is 2. The van der Waals surface area contributed by atoms with Crippen molar-refractivity contribution in [2.24, 2.45) is 0 Å². The molecule has 2 aromatic rings. The second kappa shape index (κ2) is 9.49. The molecule has 2 amide bonds. The maximum Gasteiger partial charge on any atom is 0.342 e. The van der Waals surface area contributed by atoms with Crippen molar-refractivity contribution in [2.45, 2.75) is 39.7 Å². The number of esters is 1. The summed E-state index contributed by atoms with van der Waals surface area (Å²) in [5.74, 6) is -1.24. The summed E-state index contributed by atoms with van der Waals surface area (Å²) in [6.45, 7) is 4.97. The van der Waals surface area contributed by atoms with Crippen LogP contribution in [0.3, 0.4) is 0 Å². The third-order valence-corrected chi connectivity index (χ3v) is 5.33. The molecule has 8 heteroatoms. The molecular formula is C18H22N2O4S2. The SMILES string of the molecule is CCC[C@@H](C)NC(=O)COC(=O)c1c(-c2cccs2)csc1NC(C)=O. The summed E-state index contributed by atoms with van der Waals surface area (Å²) in [5.41, 5.74) is 0.973. The molecular weight excluding hydrogens is 372 g/mol. The van der Waals surface area contributed by atoms with Crippen LogP contribution in [0.2, 0.25) is 0 Å². The summed E-state index contributed by atoms with van der Waals surface area (Å²) in [6.07, 6.45) is 1.82. The maximum absolute atomic E-state index is 12.6. The predicted octanol–water partition coefficient (Wildman–Crippen LogP) is 3.90. The van der Waals surface area contributed by atoms with E-state index in [0.717, 1.165) is 17.7 Å². The van der Waals surface area contributed by atoms with Crippen LogP contribution in [0.4, 0.5) is 5.00 Å². The molecule has 6 nitrogen and oxygen atoms in total. The van der Waals surface area contributed by atoms with Gasteiger partial charge in [-0.1, -0.05) is 19.4 Å². The number of anilines is 1. The molecule has 2 rings (SSSR count). The highest BCUT2D eigenvalue weighted by Gasteiger charge is 2.23. The van der Waals surface area contributed by atoms with Gasteiger partial charge in [-0.05, 0) is 24.8 Å². The highest BCUT2D eigenvalue weighted by molar-refractivity contribution is 7.17. The molecule has 0 saturated carbocycles. The Bertz CT molecular complexity index is 768. The van der Waals surface area contributed by atoms with E-state index in [0.29, 0.717) is 10.6 Å². The summed E-state index contributed by atoms with van der Waals surface area (Å²) in [5, 5.41) is 9.58. The van der Waals surface area contributed by atoms with Crippen LogP contribution in [-0.4, -0.2) is 30.4 Å². The Kier molecular flexibility index (Phi) is 7.35. The molecule has 26 heavy (non-hydrogen) atoms. The van der Waals surface area contributed by atoms with E-state index in [4.69, 9.17) is 4.74 Å². The lowest BCUT2D eigenvalue weighted by Gasteiger charge is -2.13. The van der Waals surface area contributed by atoms with Crippen LogP contribution in [0, 0.1) is 0 Å². The van der Waals surface area contributed by atoms with Crippen LogP contribution < -0.4 is 10.6 Å². The molecule has 0 aliphatic rings. The molecule has 1 atom stereocenters. The number of thiophene rings is 2. The van der Waals surface area contributed by atoms with E-state index in [2.05, 4.69) is 10.6 Å². The van der Waals surface area contributed by atoms with Crippen molar-refractivity contribution in [3.05, 3.63) is 28.5 Å². The fourth-order valence-electron chi connectivity index (χ4n) is 2.45. The second-order valence-corrected chi connectivity index (χ2v) is 7.67. The predicted molar refractivity (Wildman–Crippen MR) is 105 cm³/mol. The minimum atomic E-state index is -0.628. The molecule has 0 aliphatic carbocycles. The van der Waals surface area contributed by atoms with Crippen LogP contribution in [-0.2, 0) is 14.3 Å². The van der Waals surface area contributed by atoms with Crippen LogP contribution in [0.1, 0.15) is 44.0 Å². The maximum atomic E-state index is 12.6. The van der Waals surface area contributed by atoms with Gasteiger partial charge in [-0.3, -0.25) is 9.59 Å². The Morgan fingerprint density at radius 1 is 1.27 bits per heavy atom. The van der Waals surface area contributed by atoms with Gasteiger partial charge in [-0.2, -0.15) is 0 Å². The first kappa shape index (κ1) is 20.1. The fraction of sp³-hybridized carbons (Fsp3) is 0.389. The number of rotatable bonds is 8. The van der Waals surface area contributed by atoms with E-state index in [1.807, 2.05) is 31.4 Å². The molecule has 0 saturated heterocycles. The smallest absolute Gasteiger partial charge is 0.342 e. The molecule has 0 unspecified atom stereocenters. The molecule has 2 heterocycles. The average molecular weight is 395 g/mol. The number of carbonyl (C=O) groups is 3. The van der Waals surface area contributed by atoms with Crippen LogP contribution >= 0.6 is 22.7 Å². The normalized spacial score (nSPS) is 11.7. The first-order valence-corrected chi connectivity index (χ1v) is 10.1. The van der Waals surface area contributed by atoms with Gasteiger partial charge in [0.2, 0.25) is 5.91 Å². The topological polar surface area (TPSA) is 84.5 Å². The van der Waals surface area contributed by atoms with Crippen molar-refractivity contribution in [1.29, 1.82) is 0 Å². The molecule has 0 fully saturated rings. The Hall–Kier alpha value is -2.19. The lowest BCUT2D eigenvalue weighted by atomic mass is 10.1.